The van der Waals surface area contributed by atoms with Gasteiger partial charge in [-0.1, -0.05) is 0 Å². The van der Waals surface area contributed by atoms with Crippen molar-refractivity contribution in [3.63, 3.8) is 0 Å². The summed E-state index contributed by atoms with van der Waals surface area (Å²) in [7, 11) is 1.62. The Morgan fingerprint density at radius 1 is 1.29 bits per heavy atom. The Morgan fingerprint density at radius 2 is 1.95 bits per heavy atom. The van der Waals surface area contributed by atoms with Crippen molar-refractivity contribution >= 4 is 17.4 Å². The smallest absolute Gasteiger partial charge is 0.192 e. The molecular weight excluding hydrogens is 284 g/mol. The molecule has 0 spiro atoms. The number of rotatable bonds is 5. The minimum absolute atomic E-state index is 0.375. The molecule has 0 N–H and O–H groups in total. The number of thioether (sulfide) groups is 1. The summed E-state index contributed by atoms with van der Waals surface area (Å²) in [6, 6.07) is 9.42. The van der Waals surface area contributed by atoms with Gasteiger partial charge >= 0.3 is 0 Å². The Kier molecular flexibility index (Phi) is 5.64. The number of likely N-dealkylation sites (tertiary alicyclic amines) is 1. The normalized spacial score (nSPS) is 16.0. The highest BCUT2D eigenvalue weighted by Crippen LogP contribution is 2.27. The summed E-state index contributed by atoms with van der Waals surface area (Å²) < 4.78 is 5.10. The van der Waals surface area contributed by atoms with Gasteiger partial charge in [-0.05, 0) is 43.4 Å². The van der Waals surface area contributed by atoms with Gasteiger partial charge in [0.15, 0.2) is 5.70 Å². The number of nitriles is 1. The largest absolute Gasteiger partial charge is 0.497 e. The highest BCUT2D eigenvalue weighted by atomic mass is 32.2. The van der Waals surface area contributed by atoms with E-state index in [1.54, 1.807) is 18.9 Å². The molecule has 1 aromatic carbocycles. The second-order valence-electron chi connectivity index (χ2n) is 4.56. The van der Waals surface area contributed by atoms with Crippen LogP contribution in [0.3, 0.4) is 0 Å². The lowest BCUT2D eigenvalue weighted by Crippen LogP contribution is -2.17. The Morgan fingerprint density at radius 3 is 2.48 bits per heavy atom. The van der Waals surface area contributed by atoms with Gasteiger partial charge in [0, 0.05) is 13.1 Å². The summed E-state index contributed by atoms with van der Waals surface area (Å²) in [5.41, 5.74) is 1.07. The predicted molar refractivity (Wildman–Crippen MR) is 84.5 cm³/mol. The minimum atomic E-state index is 0.375. The van der Waals surface area contributed by atoms with Crippen LogP contribution in [0.1, 0.15) is 12.8 Å². The number of ether oxygens (including phenoxy) is 1. The molecule has 1 aromatic rings. The third-order valence-corrected chi connectivity index (χ3v) is 4.07. The lowest BCUT2D eigenvalue weighted by Gasteiger charge is -2.19. The predicted octanol–water partition coefficient (Wildman–Crippen LogP) is 3.93. The van der Waals surface area contributed by atoms with Crippen LogP contribution in [0.15, 0.2) is 45.2 Å². The molecule has 0 aromatic heterocycles. The Hall–Kier alpha value is -2.00. The van der Waals surface area contributed by atoms with Crippen LogP contribution in [0.2, 0.25) is 0 Å². The molecule has 1 fully saturated rings. The molecular formula is C15H18N4OS. The number of azo groups is 1. The number of benzene rings is 1. The Labute approximate surface area is 129 Å². The number of hydrogen-bond acceptors (Lipinski definition) is 6. The van der Waals surface area contributed by atoms with Crippen LogP contribution in [0, 0.1) is 11.3 Å². The van der Waals surface area contributed by atoms with Crippen LogP contribution < -0.4 is 4.74 Å². The molecule has 1 saturated heterocycles. The average molecular weight is 302 g/mol. The zero-order valence-corrected chi connectivity index (χ0v) is 13.1. The van der Waals surface area contributed by atoms with Crippen LogP contribution in [0.4, 0.5) is 5.69 Å². The Balaban J connectivity index is 2.19. The third kappa shape index (κ3) is 3.99. The molecule has 0 radical (unpaired) electrons. The van der Waals surface area contributed by atoms with Crippen molar-refractivity contribution in [3.05, 3.63) is 35.0 Å². The molecule has 1 aliphatic rings. The first kappa shape index (κ1) is 15.4. The second kappa shape index (κ2) is 7.70. The molecule has 0 amide bonds. The lowest BCUT2D eigenvalue weighted by atomic mass is 10.3. The molecule has 1 heterocycles. The zero-order chi connectivity index (χ0) is 15.1. The maximum Gasteiger partial charge on any atom is 0.192 e. The van der Waals surface area contributed by atoms with Crippen LogP contribution in [-0.2, 0) is 0 Å². The summed E-state index contributed by atoms with van der Waals surface area (Å²) in [5, 5.41) is 18.5. The summed E-state index contributed by atoms with van der Waals surface area (Å²) in [4.78, 5) is 2.20. The van der Waals surface area contributed by atoms with Crippen molar-refractivity contribution in [1.29, 1.82) is 5.26 Å². The van der Waals surface area contributed by atoms with E-state index in [1.807, 2.05) is 30.5 Å². The molecule has 110 valence electrons. The van der Waals surface area contributed by atoms with Crippen LogP contribution >= 0.6 is 11.8 Å². The van der Waals surface area contributed by atoms with Crippen molar-refractivity contribution in [2.45, 2.75) is 12.8 Å². The maximum absolute atomic E-state index is 9.33. The van der Waals surface area contributed by atoms with E-state index in [2.05, 4.69) is 21.2 Å². The highest BCUT2D eigenvalue weighted by Gasteiger charge is 2.18. The number of allylic oxidation sites excluding steroid dienone is 1. The first-order chi connectivity index (χ1) is 10.3. The highest BCUT2D eigenvalue weighted by molar-refractivity contribution is 8.02. The molecule has 0 aliphatic carbocycles. The topological polar surface area (TPSA) is 61.0 Å². The van der Waals surface area contributed by atoms with Crippen LogP contribution in [0.5, 0.6) is 5.75 Å². The fraction of sp³-hybridized carbons (Fsp3) is 0.400. The fourth-order valence-corrected chi connectivity index (χ4v) is 2.89. The van der Waals surface area contributed by atoms with Gasteiger partial charge in [-0.3, -0.25) is 0 Å². The number of methoxy groups -OCH3 is 1. The Bertz CT molecular complexity index is 568. The summed E-state index contributed by atoms with van der Waals surface area (Å²) >= 11 is 1.55. The van der Waals surface area contributed by atoms with Gasteiger partial charge in [-0.15, -0.1) is 22.0 Å². The van der Waals surface area contributed by atoms with Gasteiger partial charge in [-0.2, -0.15) is 5.26 Å². The molecule has 1 aliphatic heterocycles. The molecule has 6 heteroatoms. The second-order valence-corrected chi connectivity index (χ2v) is 5.36. The van der Waals surface area contributed by atoms with E-state index in [0.717, 1.165) is 23.9 Å². The van der Waals surface area contributed by atoms with Gasteiger partial charge in [-0.25, -0.2) is 0 Å². The van der Waals surface area contributed by atoms with E-state index in [4.69, 9.17) is 4.74 Å². The molecule has 0 unspecified atom stereocenters. The van der Waals surface area contributed by atoms with E-state index in [9.17, 15) is 5.26 Å². The summed E-state index contributed by atoms with van der Waals surface area (Å²) in [6.45, 7) is 1.97. The molecule has 5 nitrogen and oxygen atoms in total. The molecule has 0 atom stereocenters. The van der Waals surface area contributed by atoms with Crippen LogP contribution in [0.25, 0.3) is 0 Å². The maximum atomic E-state index is 9.33. The van der Waals surface area contributed by atoms with Gasteiger partial charge in [0.25, 0.3) is 0 Å². The molecule has 2 rings (SSSR count). The summed E-state index contributed by atoms with van der Waals surface area (Å²) in [5.74, 6) is 0.770. The molecule has 0 bridgehead atoms. The van der Waals surface area contributed by atoms with E-state index in [-0.39, 0.29) is 0 Å². The van der Waals surface area contributed by atoms with Crippen molar-refractivity contribution in [1.82, 2.24) is 4.90 Å². The van der Waals surface area contributed by atoms with E-state index >= 15 is 0 Å². The SMILES string of the molecule is COc1ccc(N=N/C(C#N)=C(\SC)N2CCCC2)cc1. The molecule has 0 saturated carbocycles. The van der Waals surface area contributed by atoms with Gasteiger partial charge in [0.1, 0.15) is 16.8 Å². The zero-order valence-electron chi connectivity index (χ0n) is 12.2. The third-order valence-electron chi connectivity index (χ3n) is 3.23. The summed E-state index contributed by atoms with van der Waals surface area (Å²) in [6.07, 6.45) is 4.30. The van der Waals surface area contributed by atoms with Crippen molar-refractivity contribution in [2.75, 3.05) is 26.5 Å². The first-order valence-corrected chi connectivity index (χ1v) is 8.00. The number of nitrogens with zero attached hydrogens (tertiary/aromatic N) is 4. The van der Waals surface area contributed by atoms with Gasteiger partial charge < -0.3 is 9.64 Å². The van der Waals surface area contributed by atoms with Gasteiger partial charge in [0.05, 0.1) is 12.8 Å². The van der Waals surface area contributed by atoms with Gasteiger partial charge in [0.2, 0.25) is 0 Å². The fourth-order valence-electron chi connectivity index (χ4n) is 2.17. The lowest BCUT2D eigenvalue weighted by molar-refractivity contribution is 0.415. The van der Waals surface area contributed by atoms with E-state index in [1.165, 1.54) is 12.8 Å². The minimum Gasteiger partial charge on any atom is -0.497 e. The van der Waals surface area contributed by atoms with Crippen molar-refractivity contribution in [3.8, 4) is 11.8 Å². The van der Waals surface area contributed by atoms with Crippen LogP contribution in [-0.4, -0.2) is 31.4 Å². The number of hydrogen-bond donors (Lipinski definition) is 0. The van der Waals surface area contributed by atoms with E-state index in [0.29, 0.717) is 11.4 Å². The van der Waals surface area contributed by atoms with E-state index < -0.39 is 0 Å². The average Bonchev–Trinajstić information content (AvgIpc) is 3.06. The monoisotopic (exact) mass is 302 g/mol. The van der Waals surface area contributed by atoms with Crippen molar-refractivity contribution in [2.24, 2.45) is 10.2 Å². The standard InChI is InChI=1S/C15H18N4OS/c1-20-13-7-5-12(6-8-13)17-18-14(11-16)15(21-2)19-9-3-4-10-19/h5-8H,3-4,9-10H2,1-2H3/b15-14-,18-17?. The molecule has 21 heavy (non-hydrogen) atoms. The van der Waals surface area contributed by atoms with Crippen molar-refractivity contribution < 1.29 is 4.74 Å². The first-order valence-electron chi connectivity index (χ1n) is 6.77. The quantitative estimate of drug-likeness (QED) is 0.610.